The van der Waals surface area contributed by atoms with Crippen molar-refractivity contribution in [1.29, 1.82) is 0 Å². The van der Waals surface area contributed by atoms with Crippen LogP contribution in [0.15, 0.2) is 60.7 Å². The number of hydrogen-bond donors (Lipinski definition) is 0. The monoisotopic (exact) mass is 475 g/mol. The molecule has 4 rings (SSSR count). The summed E-state index contributed by atoms with van der Waals surface area (Å²) in [5, 5.41) is 0. The van der Waals surface area contributed by atoms with E-state index in [-0.39, 0.29) is 35.3 Å². The topological polar surface area (TPSA) is 3.24 Å². The Hall–Kier alpha value is -2.63. The highest BCUT2D eigenvalue weighted by molar-refractivity contribution is 5.85. The van der Waals surface area contributed by atoms with Gasteiger partial charge in [-0.3, -0.25) is 4.90 Å². The molecule has 3 aromatic carbocycles. The van der Waals surface area contributed by atoms with E-state index in [0.717, 1.165) is 17.2 Å². The molecule has 1 unspecified atom stereocenters. The minimum absolute atomic E-state index is 0. The van der Waals surface area contributed by atoms with Crippen LogP contribution in [0.3, 0.4) is 0 Å². The van der Waals surface area contributed by atoms with Gasteiger partial charge in [0.05, 0.1) is 0 Å². The van der Waals surface area contributed by atoms with Crippen LogP contribution in [0.4, 0.5) is 17.6 Å². The van der Waals surface area contributed by atoms with E-state index < -0.39 is 17.5 Å². The first-order valence-corrected chi connectivity index (χ1v) is 10.8. The second-order valence-corrected chi connectivity index (χ2v) is 8.40. The summed E-state index contributed by atoms with van der Waals surface area (Å²) in [4.78, 5) is 2.20. The lowest BCUT2D eigenvalue weighted by molar-refractivity contribution is 0.286. The molecule has 0 aromatic heterocycles. The normalized spacial score (nSPS) is 15.0. The summed E-state index contributed by atoms with van der Waals surface area (Å²) in [6.45, 7) is 5.25. The Morgan fingerprint density at radius 1 is 0.879 bits per heavy atom. The van der Waals surface area contributed by atoms with Crippen LogP contribution in [0.1, 0.15) is 36.0 Å². The average Bonchev–Trinajstić information content (AvgIpc) is 2.81. The summed E-state index contributed by atoms with van der Waals surface area (Å²) in [7, 11) is 0. The first kappa shape index (κ1) is 25.0. The summed E-state index contributed by atoms with van der Waals surface area (Å²) in [5.41, 5.74) is 2.87. The lowest BCUT2D eigenvalue weighted by Crippen LogP contribution is -2.32. The van der Waals surface area contributed by atoms with Gasteiger partial charge in [-0.05, 0) is 48.1 Å². The van der Waals surface area contributed by atoms with Crippen molar-refractivity contribution in [1.82, 2.24) is 4.90 Å². The Morgan fingerprint density at radius 2 is 1.61 bits per heavy atom. The van der Waals surface area contributed by atoms with Crippen LogP contribution in [0, 0.1) is 30.2 Å². The van der Waals surface area contributed by atoms with E-state index in [9.17, 15) is 17.6 Å². The third-order valence-electron chi connectivity index (χ3n) is 6.19. The predicted octanol–water partition coefficient (Wildman–Crippen LogP) is 7.53. The first-order chi connectivity index (χ1) is 15.3. The Kier molecular flexibility index (Phi) is 7.98. The zero-order valence-electron chi connectivity index (χ0n) is 18.5. The average molecular weight is 476 g/mol. The standard InChI is InChI=1S/C27H25F4N.ClH/c1-17(21-8-9-22(24(28)14-21)19-6-4-3-5-7-19)16-32-12-10-20(11-13-32)23-15-25(29)27(31)18(2)26(23)30;/h3-10,14-15,17H,11-13,16H2,1-2H3;1H. The molecule has 1 aliphatic heterocycles. The summed E-state index contributed by atoms with van der Waals surface area (Å²) in [6, 6.07) is 15.8. The van der Waals surface area contributed by atoms with Gasteiger partial charge in [-0.1, -0.05) is 55.5 Å². The van der Waals surface area contributed by atoms with E-state index in [1.165, 1.54) is 6.92 Å². The first-order valence-electron chi connectivity index (χ1n) is 10.8. The van der Waals surface area contributed by atoms with Gasteiger partial charge in [0.15, 0.2) is 11.6 Å². The van der Waals surface area contributed by atoms with E-state index in [1.807, 2.05) is 48.5 Å². The van der Waals surface area contributed by atoms with Gasteiger partial charge in [0.25, 0.3) is 0 Å². The van der Waals surface area contributed by atoms with Crippen molar-refractivity contribution in [2.24, 2.45) is 0 Å². The third kappa shape index (κ3) is 5.31. The molecule has 0 spiro atoms. The fourth-order valence-electron chi connectivity index (χ4n) is 4.27. The molecule has 0 aliphatic carbocycles. The Labute approximate surface area is 198 Å². The van der Waals surface area contributed by atoms with Crippen LogP contribution in [-0.2, 0) is 0 Å². The zero-order chi connectivity index (χ0) is 22.8. The highest BCUT2D eigenvalue weighted by atomic mass is 35.5. The van der Waals surface area contributed by atoms with Crippen LogP contribution >= 0.6 is 12.4 Å². The van der Waals surface area contributed by atoms with Gasteiger partial charge in [0.1, 0.15) is 11.6 Å². The Morgan fingerprint density at radius 3 is 2.24 bits per heavy atom. The lowest BCUT2D eigenvalue weighted by Gasteiger charge is -2.29. The van der Waals surface area contributed by atoms with Crippen LogP contribution in [0.5, 0.6) is 0 Å². The van der Waals surface area contributed by atoms with Crippen molar-refractivity contribution < 1.29 is 17.6 Å². The van der Waals surface area contributed by atoms with Gasteiger partial charge >= 0.3 is 0 Å². The van der Waals surface area contributed by atoms with Gasteiger partial charge < -0.3 is 0 Å². The highest BCUT2D eigenvalue weighted by Crippen LogP contribution is 2.31. The molecule has 0 saturated heterocycles. The van der Waals surface area contributed by atoms with Crippen molar-refractivity contribution in [3.63, 3.8) is 0 Å². The Balaban J connectivity index is 0.00000306. The number of hydrogen-bond acceptors (Lipinski definition) is 1. The van der Waals surface area contributed by atoms with Crippen LogP contribution in [0.25, 0.3) is 16.7 Å². The van der Waals surface area contributed by atoms with E-state index in [4.69, 9.17) is 0 Å². The van der Waals surface area contributed by atoms with Crippen LogP contribution in [-0.4, -0.2) is 24.5 Å². The molecule has 0 N–H and O–H groups in total. The maximum atomic E-state index is 14.7. The molecule has 6 heteroatoms. The number of nitrogens with zero attached hydrogens (tertiary/aromatic N) is 1. The van der Waals surface area contributed by atoms with E-state index in [2.05, 4.69) is 11.8 Å². The highest BCUT2D eigenvalue weighted by Gasteiger charge is 2.22. The predicted molar refractivity (Wildman–Crippen MR) is 128 cm³/mol. The largest absolute Gasteiger partial charge is 0.299 e. The number of benzene rings is 3. The molecule has 1 heterocycles. The smallest absolute Gasteiger partial charge is 0.164 e. The molecule has 174 valence electrons. The minimum Gasteiger partial charge on any atom is -0.299 e. The van der Waals surface area contributed by atoms with Crippen LogP contribution in [0.2, 0.25) is 0 Å². The van der Waals surface area contributed by atoms with E-state index in [0.29, 0.717) is 37.2 Å². The molecule has 0 radical (unpaired) electrons. The maximum absolute atomic E-state index is 14.7. The summed E-state index contributed by atoms with van der Waals surface area (Å²) >= 11 is 0. The van der Waals surface area contributed by atoms with Gasteiger partial charge in [0, 0.05) is 36.3 Å². The maximum Gasteiger partial charge on any atom is 0.164 e. The molecule has 0 amide bonds. The van der Waals surface area contributed by atoms with Crippen molar-refractivity contribution in [2.45, 2.75) is 26.2 Å². The molecule has 0 fully saturated rings. The quantitative estimate of drug-likeness (QED) is 0.272. The van der Waals surface area contributed by atoms with Gasteiger partial charge in [-0.2, -0.15) is 0 Å². The Bertz CT molecular complexity index is 1160. The fourth-order valence-corrected chi connectivity index (χ4v) is 4.27. The number of rotatable bonds is 5. The molecule has 0 saturated carbocycles. The summed E-state index contributed by atoms with van der Waals surface area (Å²) in [5.74, 6) is -3.01. The zero-order valence-corrected chi connectivity index (χ0v) is 19.4. The molecule has 1 nitrogen and oxygen atoms in total. The molecule has 1 aliphatic rings. The van der Waals surface area contributed by atoms with Crippen LogP contribution < -0.4 is 0 Å². The minimum atomic E-state index is -1.14. The molecule has 33 heavy (non-hydrogen) atoms. The molecular formula is C27H26ClF4N. The molecule has 0 bridgehead atoms. The fraction of sp³-hybridized carbons (Fsp3) is 0.259. The van der Waals surface area contributed by atoms with E-state index in [1.54, 1.807) is 6.07 Å². The second kappa shape index (κ2) is 10.5. The molecular weight excluding hydrogens is 450 g/mol. The lowest BCUT2D eigenvalue weighted by atomic mass is 9.94. The summed E-state index contributed by atoms with van der Waals surface area (Å²) in [6.07, 6.45) is 2.40. The van der Waals surface area contributed by atoms with E-state index >= 15 is 0 Å². The SMILES string of the molecule is Cc1c(F)c(F)cc(C2=CCN(CC(C)c3ccc(-c4ccccc4)c(F)c3)CC2)c1F.Cl. The van der Waals surface area contributed by atoms with Crippen molar-refractivity contribution >= 4 is 18.0 Å². The van der Waals surface area contributed by atoms with Crippen molar-refractivity contribution in [3.05, 3.63) is 101 Å². The molecule has 3 aromatic rings. The second-order valence-electron chi connectivity index (χ2n) is 8.40. The summed E-state index contributed by atoms with van der Waals surface area (Å²) < 4.78 is 56.5. The van der Waals surface area contributed by atoms with Crippen molar-refractivity contribution in [2.75, 3.05) is 19.6 Å². The van der Waals surface area contributed by atoms with Gasteiger partial charge in [0.2, 0.25) is 0 Å². The van der Waals surface area contributed by atoms with Gasteiger partial charge in [-0.25, -0.2) is 17.6 Å². The third-order valence-corrected chi connectivity index (χ3v) is 6.19. The van der Waals surface area contributed by atoms with Crippen molar-refractivity contribution in [3.8, 4) is 11.1 Å². The van der Waals surface area contributed by atoms with Gasteiger partial charge in [-0.15, -0.1) is 12.4 Å². The molecule has 1 atom stereocenters. The number of halogens is 5.